The monoisotopic (exact) mass is 843 g/mol. The van der Waals surface area contributed by atoms with Crippen molar-refractivity contribution in [2.45, 2.75) is 89.0 Å². The molecule has 0 fully saturated rings. The van der Waals surface area contributed by atoms with Crippen molar-refractivity contribution < 1.29 is 23.3 Å². The molecule has 4 aliphatic carbocycles. The normalized spacial score (nSPS) is 24.7. The molecule has 5 atom stereocenters. The van der Waals surface area contributed by atoms with E-state index in [2.05, 4.69) is 88.7 Å². The van der Waals surface area contributed by atoms with Crippen LogP contribution < -0.4 is 30.3 Å². The third-order valence-corrected chi connectivity index (χ3v) is 15.2. The van der Waals surface area contributed by atoms with Crippen LogP contribution in [0.3, 0.4) is 0 Å². The lowest BCUT2D eigenvalue weighted by Gasteiger charge is -2.45. The number of aryl methyl sites for hydroxylation is 1. The predicted octanol–water partition coefficient (Wildman–Crippen LogP) is 6.39. The maximum absolute atomic E-state index is 19.2. The van der Waals surface area contributed by atoms with E-state index in [1.807, 2.05) is 25.3 Å². The average molecular weight is 844 g/mol. The van der Waals surface area contributed by atoms with Gasteiger partial charge in [-0.15, -0.1) is 0 Å². The summed E-state index contributed by atoms with van der Waals surface area (Å²) in [6.45, 7) is 3.85. The van der Waals surface area contributed by atoms with Gasteiger partial charge in [-0.2, -0.15) is 0 Å². The van der Waals surface area contributed by atoms with Crippen LogP contribution in [0.1, 0.15) is 81.6 Å². The SMILES string of the molecule is COc1cc2c(c3c1CN(Cc1cccc(CN4Cc5c(OC)cc6c(c5C5=c7ccccc7=CC(OC)[C@@H]5C4)=CCCC=6)n1)CC1[C@@H](OC)Cc4ccccc4[C@@]31F)CCCC2. The Bertz CT molecular complexity index is 2880. The summed E-state index contributed by atoms with van der Waals surface area (Å²) >= 11 is 0. The highest BCUT2D eigenvalue weighted by atomic mass is 19.1. The van der Waals surface area contributed by atoms with E-state index >= 15 is 4.39 Å². The third-order valence-electron chi connectivity index (χ3n) is 15.2. The molecular weight excluding hydrogens is 786 g/mol. The van der Waals surface area contributed by atoms with E-state index in [9.17, 15) is 0 Å². The van der Waals surface area contributed by atoms with Gasteiger partial charge in [-0.05, 0) is 130 Å². The van der Waals surface area contributed by atoms with Crippen molar-refractivity contribution in [1.29, 1.82) is 0 Å². The van der Waals surface area contributed by atoms with E-state index < -0.39 is 11.6 Å². The van der Waals surface area contributed by atoms with Crippen molar-refractivity contribution in [3.63, 3.8) is 0 Å². The van der Waals surface area contributed by atoms with Crippen LogP contribution in [0.4, 0.5) is 4.39 Å². The minimum absolute atomic E-state index is 0.0871. The van der Waals surface area contributed by atoms with Gasteiger partial charge in [0.15, 0.2) is 5.67 Å². The van der Waals surface area contributed by atoms with Crippen LogP contribution in [-0.4, -0.2) is 68.5 Å². The number of hydrogen-bond donors (Lipinski definition) is 0. The Morgan fingerprint density at radius 3 is 2.25 bits per heavy atom. The minimum atomic E-state index is -1.73. The largest absolute Gasteiger partial charge is 0.496 e. The summed E-state index contributed by atoms with van der Waals surface area (Å²) in [4.78, 5) is 10.3. The van der Waals surface area contributed by atoms with Crippen LogP contribution in [0, 0.1) is 11.8 Å². The van der Waals surface area contributed by atoms with Gasteiger partial charge in [0.05, 0.1) is 37.8 Å². The quantitative estimate of drug-likeness (QED) is 0.180. The molecule has 7 nitrogen and oxygen atoms in total. The molecule has 4 aromatic carbocycles. The number of halogens is 1. The van der Waals surface area contributed by atoms with E-state index in [-0.39, 0.29) is 18.1 Å². The second-order valence-corrected chi connectivity index (χ2v) is 18.6. The lowest BCUT2D eigenvalue weighted by Crippen LogP contribution is -2.50. The van der Waals surface area contributed by atoms with E-state index in [4.69, 9.17) is 23.9 Å². The number of alkyl halides is 1. The molecule has 0 bridgehead atoms. The number of nitrogens with zero attached hydrogens (tertiary/aromatic N) is 3. The van der Waals surface area contributed by atoms with Gasteiger partial charge in [0.1, 0.15) is 11.5 Å². The van der Waals surface area contributed by atoms with Crippen LogP contribution in [0.2, 0.25) is 0 Å². The zero-order valence-electron chi connectivity index (χ0n) is 37.1. The highest BCUT2D eigenvalue weighted by molar-refractivity contribution is 5.77. The molecule has 6 aliphatic rings. The Labute approximate surface area is 370 Å². The van der Waals surface area contributed by atoms with Crippen molar-refractivity contribution >= 4 is 23.8 Å². The lowest BCUT2D eigenvalue weighted by atomic mass is 9.65. The zero-order valence-corrected chi connectivity index (χ0v) is 37.1. The number of fused-ring (bicyclic) bond motifs is 13. The summed E-state index contributed by atoms with van der Waals surface area (Å²) in [7, 11) is 7.14. The first-order chi connectivity index (χ1) is 30.9. The summed E-state index contributed by atoms with van der Waals surface area (Å²) in [5.74, 6) is 1.41. The first-order valence-corrected chi connectivity index (χ1v) is 23.1. The summed E-state index contributed by atoms with van der Waals surface area (Å²) in [5, 5.41) is 5.06. The van der Waals surface area contributed by atoms with Crippen molar-refractivity contribution in [1.82, 2.24) is 14.8 Å². The van der Waals surface area contributed by atoms with Gasteiger partial charge >= 0.3 is 0 Å². The van der Waals surface area contributed by atoms with Gasteiger partial charge in [-0.25, -0.2) is 4.39 Å². The van der Waals surface area contributed by atoms with Crippen LogP contribution in [0.25, 0.3) is 23.8 Å². The van der Waals surface area contributed by atoms with Crippen molar-refractivity contribution in [2.24, 2.45) is 11.8 Å². The van der Waals surface area contributed by atoms with Crippen LogP contribution in [0.15, 0.2) is 78.9 Å². The van der Waals surface area contributed by atoms with E-state index in [1.54, 1.807) is 21.3 Å². The maximum Gasteiger partial charge on any atom is 0.168 e. The smallest absolute Gasteiger partial charge is 0.168 e. The molecule has 0 saturated carbocycles. The Morgan fingerprint density at radius 2 is 1.44 bits per heavy atom. The van der Waals surface area contributed by atoms with Gasteiger partial charge in [0, 0.05) is 82.0 Å². The summed E-state index contributed by atoms with van der Waals surface area (Å²) in [6, 6.07) is 27.8. The Hall–Kier alpha value is -5.12. The first-order valence-electron chi connectivity index (χ1n) is 23.1. The number of benzene rings is 4. The minimum Gasteiger partial charge on any atom is -0.496 e. The molecule has 8 heteroatoms. The molecule has 0 saturated heterocycles. The number of rotatable bonds is 8. The van der Waals surface area contributed by atoms with E-state index in [0.29, 0.717) is 32.6 Å². The highest BCUT2D eigenvalue weighted by Gasteiger charge is 2.55. The molecule has 11 rings (SSSR count). The van der Waals surface area contributed by atoms with Gasteiger partial charge in [-0.3, -0.25) is 14.8 Å². The Morgan fingerprint density at radius 1 is 0.714 bits per heavy atom. The summed E-state index contributed by atoms with van der Waals surface area (Å²) < 4.78 is 44.2. The van der Waals surface area contributed by atoms with E-state index in [1.165, 1.54) is 48.7 Å². The van der Waals surface area contributed by atoms with Crippen molar-refractivity contribution in [2.75, 3.05) is 41.5 Å². The predicted molar refractivity (Wildman–Crippen MR) is 246 cm³/mol. The number of pyridine rings is 1. The first kappa shape index (κ1) is 40.6. The second-order valence-electron chi connectivity index (χ2n) is 18.6. The molecule has 3 heterocycles. The number of hydrogen-bond acceptors (Lipinski definition) is 7. The van der Waals surface area contributed by atoms with Gasteiger partial charge in [-0.1, -0.05) is 66.7 Å². The lowest BCUT2D eigenvalue weighted by molar-refractivity contribution is -0.0415. The standard InChI is InChI=1S/C55H58FN3O4/c1-60-48-24-34-14-5-9-20-40(34)52-43(48)30-58(31-44-49(61-2)25-35-15-6-10-21-41(35)53(44)52)28-38-18-13-19-39(57-38)29-59-32-45-50(62-3)26-36-16-7-11-22-42(36)54(45)55(56)46-23-12-8-17-37(46)27-51(63-4)47(55)33-59/h5,8-9,12-15,17-21,23-26,43,47-48,51H,6-7,10-11,16,22,27-33H2,1-4H3/t43-,47?,48?,51-,55-/m0/s1. The van der Waals surface area contributed by atoms with Gasteiger partial charge in [0.25, 0.3) is 0 Å². The van der Waals surface area contributed by atoms with Crippen LogP contribution >= 0.6 is 0 Å². The fraction of sp³-hybridized carbons (Fsp3) is 0.400. The van der Waals surface area contributed by atoms with Crippen LogP contribution in [-0.2, 0) is 60.6 Å². The van der Waals surface area contributed by atoms with Crippen molar-refractivity contribution in [3.05, 3.63) is 156 Å². The molecule has 0 N–H and O–H groups in total. The molecule has 2 unspecified atom stereocenters. The average Bonchev–Trinajstić information content (AvgIpc) is 3.57. The van der Waals surface area contributed by atoms with Crippen LogP contribution in [0.5, 0.6) is 11.5 Å². The van der Waals surface area contributed by atoms with Gasteiger partial charge < -0.3 is 18.9 Å². The molecule has 324 valence electrons. The molecular formula is C55H58FN3O4. The fourth-order valence-electron chi connectivity index (χ4n) is 12.4. The molecule has 0 spiro atoms. The summed E-state index contributed by atoms with van der Waals surface area (Å²) in [6.07, 6.45) is 13.5. The number of ether oxygens (including phenoxy) is 4. The van der Waals surface area contributed by atoms with Crippen molar-refractivity contribution in [3.8, 4) is 11.5 Å². The number of methoxy groups -OCH3 is 4. The molecule has 2 aliphatic heterocycles. The second kappa shape index (κ2) is 16.5. The van der Waals surface area contributed by atoms with Gasteiger partial charge in [0.2, 0.25) is 0 Å². The zero-order chi connectivity index (χ0) is 42.8. The number of aromatic nitrogens is 1. The molecule has 63 heavy (non-hydrogen) atoms. The third kappa shape index (κ3) is 6.79. The molecule has 0 amide bonds. The fourth-order valence-corrected chi connectivity index (χ4v) is 12.4. The summed E-state index contributed by atoms with van der Waals surface area (Å²) in [5.41, 5.74) is 10.2. The Kier molecular flexibility index (Phi) is 10.6. The Balaban J connectivity index is 0.971. The topological polar surface area (TPSA) is 56.3 Å². The molecule has 1 aromatic heterocycles. The maximum atomic E-state index is 19.2. The van der Waals surface area contributed by atoms with E-state index in [0.717, 1.165) is 96.8 Å². The molecule has 5 aromatic rings. The molecule has 0 radical (unpaired) electrons. The highest BCUT2D eigenvalue weighted by Crippen LogP contribution is 2.55.